The van der Waals surface area contributed by atoms with Crippen molar-refractivity contribution in [3.63, 3.8) is 0 Å². The van der Waals surface area contributed by atoms with E-state index in [2.05, 4.69) is 0 Å². The van der Waals surface area contributed by atoms with Gasteiger partial charge in [-0.05, 0) is 0 Å². The second-order valence-electron chi connectivity index (χ2n) is 2.86. The molecule has 7 nitrogen and oxygen atoms in total. The summed E-state index contributed by atoms with van der Waals surface area (Å²) in [5.41, 5.74) is 4.87. The summed E-state index contributed by atoms with van der Waals surface area (Å²) in [6.45, 7) is -0.660. The van der Waals surface area contributed by atoms with Gasteiger partial charge in [0.05, 0.1) is 6.54 Å². The van der Waals surface area contributed by atoms with E-state index in [1.807, 2.05) is 5.32 Å². The molecule has 1 aliphatic heterocycles. The predicted molar refractivity (Wildman–Crippen MR) is 43.5 cm³/mol. The molecule has 3 N–H and O–H groups in total. The SMILES string of the molecule is NC(=O)CN1CC(=O)NC(=O)CC1=O. The van der Waals surface area contributed by atoms with Crippen LogP contribution < -0.4 is 11.1 Å². The molecular weight excluding hydrogens is 190 g/mol. The monoisotopic (exact) mass is 199 g/mol. The molecule has 0 spiro atoms. The quantitative estimate of drug-likeness (QED) is 0.373. The van der Waals surface area contributed by atoms with Crippen LogP contribution in [0.5, 0.6) is 0 Å². The molecule has 1 rings (SSSR count). The number of carbonyl (C=O) groups excluding carboxylic acids is 4. The molecule has 4 amide bonds. The highest BCUT2D eigenvalue weighted by Crippen LogP contribution is 1.98. The average Bonchev–Trinajstić information content (AvgIpc) is 2.10. The Kier molecular flexibility index (Phi) is 2.80. The molecular formula is C7H9N3O4. The Morgan fingerprint density at radius 3 is 2.57 bits per heavy atom. The van der Waals surface area contributed by atoms with Crippen LogP contribution in [0.1, 0.15) is 6.42 Å². The Hall–Kier alpha value is -1.92. The Morgan fingerprint density at radius 2 is 2.00 bits per heavy atom. The molecule has 1 fully saturated rings. The maximum absolute atomic E-state index is 11.2. The van der Waals surface area contributed by atoms with Gasteiger partial charge in [0.25, 0.3) is 0 Å². The zero-order valence-corrected chi connectivity index (χ0v) is 7.28. The van der Waals surface area contributed by atoms with E-state index in [-0.39, 0.29) is 13.1 Å². The fourth-order valence-electron chi connectivity index (χ4n) is 1.08. The van der Waals surface area contributed by atoms with E-state index in [0.29, 0.717) is 0 Å². The lowest BCUT2D eigenvalue weighted by Gasteiger charge is -2.15. The number of hydrogen-bond donors (Lipinski definition) is 2. The van der Waals surface area contributed by atoms with Gasteiger partial charge in [-0.2, -0.15) is 0 Å². The van der Waals surface area contributed by atoms with Crippen molar-refractivity contribution >= 4 is 23.6 Å². The number of imide groups is 1. The van der Waals surface area contributed by atoms with Gasteiger partial charge < -0.3 is 10.6 Å². The van der Waals surface area contributed by atoms with E-state index in [0.717, 1.165) is 4.90 Å². The molecule has 0 bridgehead atoms. The Bertz CT molecular complexity index is 312. The zero-order chi connectivity index (χ0) is 10.7. The first-order chi connectivity index (χ1) is 6.49. The first kappa shape index (κ1) is 10.2. The van der Waals surface area contributed by atoms with Gasteiger partial charge in [-0.25, -0.2) is 0 Å². The van der Waals surface area contributed by atoms with Crippen LogP contribution in [-0.2, 0) is 19.2 Å². The second kappa shape index (κ2) is 3.86. The lowest BCUT2D eigenvalue weighted by Crippen LogP contribution is -2.41. The van der Waals surface area contributed by atoms with E-state index in [4.69, 9.17) is 5.73 Å². The van der Waals surface area contributed by atoms with Gasteiger partial charge in [0, 0.05) is 0 Å². The highest BCUT2D eigenvalue weighted by molar-refractivity contribution is 6.08. The van der Waals surface area contributed by atoms with Crippen molar-refractivity contribution in [2.75, 3.05) is 13.1 Å². The number of primary amides is 1. The lowest BCUT2D eigenvalue weighted by atomic mass is 10.3. The smallest absolute Gasteiger partial charge is 0.246 e. The normalized spacial score (nSPS) is 17.7. The van der Waals surface area contributed by atoms with Crippen LogP contribution in [0.4, 0.5) is 0 Å². The van der Waals surface area contributed by atoms with E-state index in [1.165, 1.54) is 0 Å². The summed E-state index contributed by atoms with van der Waals surface area (Å²) >= 11 is 0. The fourth-order valence-corrected chi connectivity index (χ4v) is 1.08. The molecule has 0 aliphatic carbocycles. The van der Waals surface area contributed by atoms with Crippen LogP contribution in [0, 0.1) is 0 Å². The van der Waals surface area contributed by atoms with Crippen molar-refractivity contribution in [3.05, 3.63) is 0 Å². The van der Waals surface area contributed by atoms with Gasteiger partial charge in [0.15, 0.2) is 0 Å². The first-order valence-corrected chi connectivity index (χ1v) is 3.88. The molecule has 76 valence electrons. The molecule has 7 heteroatoms. The largest absolute Gasteiger partial charge is 0.368 e. The number of nitrogens with one attached hydrogen (secondary N) is 1. The van der Waals surface area contributed by atoms with Crippen LogP contribution in [0.25, 0.3) is 0 Å². The summed E-state index contributed by atoms with van der Waals surface area (Å²) in [7, 11) is 0. The first-order valence-electron chi connectivity index (χ1n) is 3.88. The standard InChI is InChI=1S/C7H9N3O4/c8-4(11)2-10-3-6(13)9-5(12)1-7(10)14/h1-3H2,(H2,8,11)(H,9,12,13). The van der Waals surface area contributed by atoms with Crippen molar-refractivity contribution < 1.29 is 19.2 Å². The molecule has 14 heavy (non-hydrogen) atoms. The molecule has 0 atom stereocenters. The predicted octanol–water partition coefficient (Wildman–Crippen LogP) is -2.65. The van der Waals surface area contributed by atoms with E-state index in [1.54, 1.807) is 0 Å². The Balaban J connectivity index is 2.73. The van der Waals surface area contributed by atoms with Gasteiger partial charge >= 0.3 is 0 Å². The van der Waals surface area contributed by atoms with Gasteiger partial charge in [-0.3, -0.25) is 24.5 Å². The van der Waals surface area contributed by atoms with Crippen LogP contribution in [-0.4, -0.2) is 41.6 Å². The highest BCUT2D eigenvalue weighted by atomic mass is 16.2. The van der Waals surface area contributed by atoms with Crippen molar-refractivity contribution in [2.45, 2.75) is 6.42 Å². The molecule has 0 aromatic heterocycles. The molecule has 0 aromatic rings. The van der Waals surface area contributed by atoms with Crippen molar-refractivity contribution in [1.29, 1.82) is 0 Å². The van der Waals surface area contributed by atoms with Gasteiger partial charge in [0.2, 0.25) is 23.6 Å². The number of nitrogens with zero attached hydrogens (tertiary/aromatic N) is 1. The summed E-state index contributed by atoms with van der Waals surface area (Å²) in [6, 6.07) is 0. The number of rotatable bonds is 2. The van der Waals surface area contributed by atoms with Crippen LogP contribution in [0.3, 0.4) is 0 Å². The van der Waals surface area contributed by atoms with Crippen molar-refractivity contribution in [3.8, 4) is 0 Å². The third-order valence-corrected chi connectivity index (χ3v) is 1.62. The molecule has 0 unspecified atom stereocenters. The number of hydrogen-bond acceptors (Lipinski definition) is 4. The van der Waals surface area contributed by atoms with Gasteiger partial charge in [-0.15, -0.1) is 0 Å². The minimum absolute atomic E-state index is 0.312. The summed E-state index contributed by atoms with van der Waals surface area (Å²) in [6.07, 6.45) is -0.432. The van der Waals surface area contributed by atoms with Gasteiger partial charge in [-0.1, -0.05) is 0 Å². The minimum Gasteiger partial charge on any atom is -0.368 e. The van der Waals surface area contributed by atoms with E-state index >= 15 is 0 Å². The molecule has 1 saturated heterocycles. The number of nitrogens with two attached hydrogens (primary N) is 1. The summed E-state index contributed by atoms with van der Waals surface area (Å²) in [5, 5.41) is 1.98. The molecule has 0 radical (unpaired) electrons. The average molecular weight is 199 g/mol. The summed E-state index contributed by atoms with van der Waals surface area (Å²) in [5.74, 6) is -2.57. The topological polar surface area (TPSA) is 110 Å². The van der Waals surface area contributed by atoms with E-state index in [9.17, 15) is 19.2 Å². The van der Waals surface area contributed by atoms with Crippen LogP contribution in [0.2, 0.25) is 0 Å². The maximum Gasteiger partial charge on any atom is 0.246 e. The maximum atomic E-state index is 11.2. The fraction of sp³-hybridized carbons (Fsp3) is 0.429. The Labute approximate surface area is 79.2 Å². The number of carbonyl (C=O) groups is 4. The summed E-state index contributed by atoms with van der Waals surface area (Å²) < 4.78 is 0. The minimum atomic E-state index is -0.722. The lowest BCUT2D eigenvalue weighted by molar-refractivity contribution is -0.137. The molecule has 0 saturated carbocycles. The Morgan fingerprint density at radius 1 is 1.36 bits per heavy atom. The summed E-state index contributed by atoms with van der Waals surface area (Å²) in [4.78, 5) is 44.5. The van der Waals surface area contributed by atoms with Crippen molar-refractivity contribution in [1.82, 2.24) is 10.2 Å². The van der Waals surface area contributed by atoms with Crippen LogP contribution >= 0.6 is 0 Å². The molecule has 1 aliphatic rings. The van der Waals surface area contributed by atoms with Gasteiger partial charge in [0.1, 0.15) is 13.0 Å². The van der Waals surface area contributed by atoms with Crippen LogP contribution in [0.15, 0.2) is 0 Å². The third-order valence-electron chi connectivity index (χ3n) is 1.62. The third kappa shape index (κ3) is 2.54. The van der Waals surface area contributed by atoms with Crippen molar-refractivity contribution in [2.24, 2.45) is 5.73 Å². The molecule has 1 heterocycles. The number of amides is 4. The zero-order valence-electron chi connectivity index (χ0n) is 7.28. The van der Waals surface area contributed by atoms with E-state index < -0.39 is 30.0 Å². The molecule has 0 aromatic carbocycles. The highest BCUT2D eigenvalue weighted by Gasteiger charge is 2.26. The second-order valence-corrected chi connectivity index (χ2v) is 2.86.